The van der Waals surface area contributed by atoms with Crippen LogP contribution in [0, 0.1) is 0 Å². The Labute approximate surface area is 137 Å². The molecule has 1 aliphatic rings. The van der Waals surface area contributed by atoms with Gasteiger partial charge in [0.15, 0.2) is 0 Å². The first-order valence-corrected chi connectivity index (χ1v) is 9.33. The van der Waals surface area contributed by atoms with Crippen molar-refractivity contribution >= 4 is 46.3 Å². The van der Waals surface area contributed by atoms with Crippen molar-refractivity contribution in [3.05, 3.63) is 49.6 Å². The summed E-state index contributed by atoms with van der Waals surface area (Å²) in [4.78, 5) is 3.84. The zero-order valence-corrected chi connectivity index (χ0v) is 14.3. The van der Waals surface area contributed by atoms with Crippen molar-refractivity contribution in [1.82, 2.24) is 4.90 Å². The molecule has 5 heteroatoms. The molecule has 0 N–H and O–H groups in total. The minimum absolute atomic E-state index is 0.698. The number of fused-ring (bicyclic) bond motifs is 1. The number of thioether (sulfide) groups is 1. The van der Waals surface area contributed by atoms with Gasteiger partial charge in [-0.05, 0) is 40.8 Å². The second-order valence-electron chi connectivity index (χ2n) is 4.91. The standard InChI is InChI=1S/C15H15Cl2NS2/c1-19-13-4-2-3-10-5-6-18(8-12(10)13)7-11-9-20-15(17)14(11)16/h2-4,9H,5-8H2,1H3. The summed E-state index contributed by atoms with van der Waals surface area (Å²) in [5.41, 5.74) is 4.11. The van der Waals surface area contributed by atoms with Crippen LogP contribution in [0.2, 0.25) is 9.36 Å². The Morgan fingerprint density at radius 1 is 1.35 bits per heavy atom. The molecule has 1 aromatic carbocycles. The highest BCUT2D eigenvalue weighted by molar-refractivity contribution is 7.98. The Morgan fingerprint density at radius 2 is 2.20 bits per heavy atom. The molecule has 1 nitrogen and oxygen atoms in total. The highest BCUT2D eigenvalue weighted by Gasteiger charge is 2.20. The first-order valence-electron chi connectivity index (χ1n) is 6.47. The number of halogens is 2. The Kier molecular flexibility index (Phi) is 4.63. The van der Waals surface area contributed by atoms with E-state index in [9.17, 15) is 0 Å². The molecule has 0 unspecified atom stereocenters. The minimum Gasteiger partial charge on any atom is -0.294 e. The van der Waals surface area contributed by atoms with E-state index in [-0.39, 0.29) is 0 Å². The van der Waals surface area contributed by atoms with Gasteiger partial charge in [0.2, 0.25) is 0 Å². The van der Waals surface area contributed by atoms with E-state index in [2.05, 4.69) is 34.7 Å². The van der Waals surface area contributed by atoms with E-state index in [1.807, 2.05) is 11.8 Å². The average molecular weight is 344 g/mol. The SMILES string of the molecule is CSc1cccc2c1CN(Cc1csc(Cl)c1Cl)CC2. The summed E-state index contributed by atoms with van der Waals surface area (Å²) in [6.07, 6.45) is 3.25. The van der Waals surface area contributed by atoms with Crippen LogP contribution in [0.3, 0.4) is 0 Å². The predicted molar refractivity (Wildman–Crippen MR) is 90.4 cm³/mol. The molecule has 0 amide bonds. The quantitative estimate of drug-likeness (QED) is 0.692. The molecule has 0 saturated carbocycles. The monoisotopic (exact) mass is 343 g/mol. The van der Waals surface area contributed by atoms with E-state index < -0.39 is 0 Å². The summed E-state index contributed by atoms with van der Waals surface area (Å²) in [6, 6.07) is 6.62. The minimum atomic E-state index is 0.698. The van der Waals surface area contributed by atoms with Crippen LogP contribution in [0.15, 0.2) is 28.5 Å². The lowest BCUT2D eigenvalue weighted by Gasteiger charge is -2.29. The fraction of sp³-hybridized carbons (Fsp3) is 0.333. The predicted octanol–water partition coefficient (Wildman–Crippen LogP) is 5.34. The van der Waals surface area contributed by atoms with Crippen LogP contribution in [0.5, 0.6) is 0 Å². The van der Waals surface area contributed by atoms with Crippen molar-refractivity contribution in [3.63, 3.8) is 0 Å². The van der Waals surface area contributed by atoms with Gasteiger partial charge < -0.3 is 0 Å². The Balaban J connectivity index is 1.80. The molecule has 0 fully saturated rings. The second-order valence-corrected chi connectivity index (χ2v) is 7.61. The van der Waals surface area contributed by atoms with E-state index in [0.29, 0.717) is 4.34 Å². The van der Waals surface area contributed by atoms with Crippen molar-refractivity contribution in [3.8, 4) is 0 Å². The fourth-order valence-corrected chi connectivity index (χ4v) is 4.53. The maximum absolute atomic E-state index is 6.23. The third-order valence-corrected chi connectivity index (χ3v) is 6.41. The number of nitrogens with zero attached hydrogens (tertiary/aromatic N) is 1. The topological polar surface area (TPSA) is 3.24 Å². The van der Waals surface area contributed by atoms with E-state index in [0.717, 1.165) is 36.6 Å². The molecule has 106 valence electrons. The second kappa shape index (κ2) is 6.29. The third-order valence-electron chi connectivity index (χ3n) is 3.68. The maximum Gasteiger partial charge on any atom is 0.112 e. The van der Waals surface area contributed by atoms with Gasteiger partial charge in [0.25, 0.3) is 0 Å². The van der Waals surface area contributed by atoms with E-state index in [1.165, 1.54) is 27.4 Å². The van der Waals surface area contributed by atoms with Gasteiger partial charge in [-0.2, -0.15) is 0 Å². The molecule has 2 heterocycles. The van der Waals surface area contributed by atoms with Crippen molar-refractivity contribution < 1.29 is 0 Å². The fourth-order valence-electron chi connectivity index (χ4n) is 2.63. The van der Waals surface area contributed by atoms with Crippen molar-refractivity contribution in [1.29, 1.82) is 0 Å². The Hall–Kier alpha value is -0.190. The van der Waals surface area contributed by atoms with Gasteiger partial charge in [-0.25, -0.2) is 0 Å². The van der Waals surface area contributed by atoms with Gasteiger partial charge in [-0.15, -0.1) is 23.1 Å². The third kappa shape index (κ3) is 2.88. The molecule has 0 saturated heterocycles. The largest absolute Gasteiger partial charge is 0.294 e. The van der Waals surface area contributed by atoms with Gasteiger partial charge in [0.05, 0.1) is 5.02 Å². The Morgan fingerprint density at radius 3 is 2.90 bits per heavy atom. The van der Waals surface area contributed by atoms with Gasteiger partial charge in [0.1, 0.15) is 4.34 Å². The molecule has 3 rings (SSSR count). The van der Waals surface area contributed by atoms with Gasteiger partial charge in [0, 0.05) is 24.5 Å². The summed E-state index contributed by atoms with van der Waals surface area (Å²) in [6.45, 7) is 2.95. The van der Waals surface area contributed by atoms with Crippen molar-refractivity contribution in [2.75, 3.05) is 12.8 Å². The lowest BCUT2D eigenvalue weighted by Crippen LogP contribution is -2.30. The van der Waals surface area contributed by atoms with Crippen LogP contribution in [-0.2, 0) is 19.5 Å². The molecule has 1 aromatic heterocycles. The number of hydrogen-bond acceptors (Lipinski definition) is 3. The smallest absolute Gasteiger partial charge is 0.112 e. The summed E-state index contributed by atoms with van der Waals surface area (Å²) in [5.74, 6) is 0. The van der Waals surface area contributed by atoms with Crippen LogP contribution < -0.4 is 0 Å². The van der Waals surface area contributed by atoms with Gasteiger partial charge in [-0.1, -0.05) is 35.3 Å². The first-order chi connectivity index (χ1) is 9.69. The maximum atomic E-state index is 6.23. The van der Waals surface area contributed by atoms with Crippen LogP contribution in [0.1, 0.15) is 16.7 Å². The highest BCUT2D eigenvalue weighted by atomic mass is 35.5. The molecule has 0 bridgehead atoms. The molecule has 2 aromatic rings. The molecule has 20 heavy (non-hydrogen) atoms. The van der Waals surface area contributed by atoms with Gasteiger partial charge >= 0.3 is 0 Å². The normalized spacial score (nSPS) is 15.3. The Bertz CT molecular complexity index is 610. The van der Waals surface area contributed by atoms with Crippen molar-refractivity contribution in [2.24, 2.45) is 0 Å². The summed E-state index contributed by atoms with van der Waals surface area (Å²) in [5, 5.41) is 2.79. The zero-order valence-electron chi connectivity index (χ0n) is 11.2. The number of hydrogen-bond donors (Lipinski definition) is 0. The van der Waals surface area contributed by atoms with Crippen LogP contribution in [0.25, 0.3) is 0 Å². The average Bonchev–Trinajstić information content (AvgIpc) is 2.78. The number of rotatable bonds is 3. The first kappa shape index (κ1) is 14.7. The molecule has 0 aliphatic carbocycles. The van der Waals surface area contributed by atoms with E-state index in [4.69, 9.17) is 23.2 Å². The van der Waals surface area contributed by atoms with Crippen molar-refractivity contribution in [2.45, 2.75) is 24.4 Å². The number of benzene rings is 1. The highest BCUT2D eigenvalue weighted by Crippen LogP contribution is 2.34. The lowest BCUT2D eigenvalue weighted by molar-refractivity contribution is 0.243. The van der Waals surface area contributed by atoms with E-state index >= 15 is 0 Å². The molecule has 0 atom stereocenters. The molecular weight excluding hydrogens is 329 g/mol. The van der Waals surface area contributed by atoms with Crippen LogP contribution in [0.4, 0.5) is 0 Å². The summed E-state index contributed by atoms with van der Waals surface area (Å²) >= 11 is 15.6. The molecule has 0 radical (unpaired) electrons. The summed E-state index contributed by atoms with van der Waals surface area (Å²) < 4.78 is 0.698. The van der Waals surface area contributed by atoms with Crippen LogP contribution in [-0.4, -0.2) is 17.7 Å². The van der Waals surface area contributed by atoms with E-state index in [1.54, 1.807) is 0 Å². The molecular formula is C15H15Cl2NS2. The molecule has 1 aliphatic heterocycles. The number of thiophene rings is 1. The lowest BCUT2D eigenvalue weighted by atomic mass is 9.99. The zero-order chi connectivity index (χ0) is 14.1. The van der Waals surface area contributed by atoms with Gasteiger partial charge in [-0.3, -0.25) is 4.90 Å². The molecule has 0 spiro atoms. The summed E-state index contributed by atoms with van der Waals surface area (Å²) in [7, 11) is 0. The van der Waals surface area contributed by atoms with Crippen LogP contribution >= 0.6 is 46.3 Å².